The lowest BCUT2D eigenvalue weighted by Crippen LogP contribution is -2.34. The zero-order chi connectivity index (χ0) is 23.6. The van der Waals surface area contributed by atoms with E-state index in [2.05, 4.69) is 15.4 Å². The van der Waals surface area contributed by atoms with E-state index in [1.165, 1.54) is 12.1 Å². The highest BCUT2D eigenvalue weighted by molar-refractivity contribution is 5.77. The first-order valence-corrected chi connectivity index (χ1v) is 10.3. The van der Waals surface area contributed by atoms with Crippen molar-refractivity contribution >= 4 is 5.91 Å². The Labute approximate surface area is 187 Å². The van der Waals surface area contributed by atoms with Gasteiger partial charge in [-0.25, -0.2) is 0 Å². The number of likely N-dealkylation sites (tertiary alicyclic amines) is 1. The molecule has 1 aromatic heterocycles. The van der Waals surface area contributed by atoms with Gasteiger partial charge in [0.25, 0.3) is 0 Å². The molecule has 0 bridgehead atoms. The highest BCUT2D eigenvalue weighted by Gasteiger charge is 2.33. The Morgan fingerprint density at radius 1 is 1.15 bits per heavy atom. The number of nitrogens with zero attached hydrogens (tertiary/aromatic N) is 5. The van der Waals surface area contributed by atoms with Crippen LogP contribution in [0.1, 0.15) is 30.0 Å². The minimum atomic E-state index is -4.48. The molecular formula is C22H22F3N5O3. The maximum absolute atomic E-state index is 13.1. The lowest BCUT2D eigenvalue weighted by atomic mass is 10.0. The number of carbonyl (C=O) groups excluding carboxylic acids is 1. The molecule has 0 unspecified atom stereocenters. The molecule has 2 heterocycles. The fraction of sp³-hybridized carbons (Fsp3) is 0.364. The van der Waals surface area contributed by atoms with Crippen LogP contribution < -0.4 is 9.47 Å². The molecule has 3 aromatic rings. The largest absolute Gasteiger partial charge is 0.497 e. The molecule has 2 aromatic carbocycles. The van der Waals surface area contributed by atoms with E-state index in [0.29, 0.717) is 18.0 Å². The van der Waals surface area contributed by atoms with E-state index < -0.39 is 11.7 Å². The van der Waals surface area contributed by atoms with Crippen molar-refractivity contribution in [2.75, 3.05) is 20.8 Å². The lowest BCUT2D eigenvalue weighted by molar-refractivity contribution is -0.137. The number of aromatic nitrogens is 4. The summed E-state index contributed by atoms with van der Waals surface area (Å²) in [5.74, 6) is 1.11. The first-order chi connectivity index (χ1) is 15.8. The van der Waals surface area contributed by atoms with Gasteiger partial charge in [0.15, 0.2) is 0 Å². The van der Waals surface area contributed by atoms with Crippen molar-refractivity contribution in [2.24, 2.45) is 0 Å². The predicted molar refractivity (Wildman–Crippen MR) is 111 cm³/mol. The van der Waals surface area contributed by atoms with Crippen LogP contribution in [-0.2, 0) is 17.5 Å². The fourth-order valence-corrected chi connectivity index (χ4v) is 3.96. The van der Waals surface area contributed by atoms with Crippen LogP contribution in [0.15, 0.2) is 42.5 Å². The van der Waals surface area contributed by atoms with Crippen LogP contribution >= 0.6 is 0 Å². The number of carbonyl (C=O) groups is 1. The number of alkyl halides is 3. The van der Waals surface area contributed by atoms with Gasteiger partial charge in [-0.05, 0) is 48.4 Å². The van der Waals surface area contributed by atoms with Gasteiger partial charge in [0.1, 0.15) is 18.0 Å². The summed E-state index contributed by atoms with van der Waals surface area (Å²) in [4.78, 5) is 15.9. The first kappa shape index (κ1) is 22.6. The topological polar surface area (TPSA) is 82.4 Å². The number of methoxy groups -OCH3 is 2. The summed E-state index contributed by atoms with van der Waals surface area (Å²) in [7, 11) is 3.14. The summed E-state index contributed by atoms with van der Waals surface area (Å²) in [5, 5.41) is 11.8. The number of ether oxygens (including phenoxy) is 2. The quantitative estimate of drug-likeness (QED) is 0.556. The van der Waals surface area contributed by atoms with Crippen LogP contribution in [0.5, 0.6) is 11.5 Å². The van der Waals surface area contributed by atoms with Crippen molar-refractivity contribution in [1.29, 1.82) is 0 Å². The van der Waals surface area contributed by atoms with Gasteiger partial charge >= 0.3 is 6.18 Å². The fourth-order valence-electron chi connectivity index (χ4n) is 3.96. The van der Waals surface area contributed by atoms with Crippen molar-refractivity contribution in [3.8, 4) is 22.9 Å². The Balaban J connectivity index is 1.52. The third-order valence-electron chi connectivity index (χ3n) is 5.55. The number of hydrogen-bond donors (Lipinski definition) is 0. The molecule has 1 fully saturated rings. The average Bonchev–Trinajstić information content (AvgIpc) is 3.48. The smallest absolute Gasteiger partial charge is 0.416 e. The van der Waals surface area contributed by atoms with Gasteiger partial charge in [-0.1, -0.05) is 12.1 Å². The maximum atomic E-state index is 13.1. The van der Waals surface area contributed by atoms with E-state index >= 15 is 0 Å². The Morgan fingerprint density at radius 2 is 1.97 bits per heavy atom. The van der Waals surface area contributed by atoms with Crippen LogP contribution in [0, 0.1) is 0 Å². The molecule has 0 aliphatic carbocycles. The van der Waals surface area contributed by atoms with Crippen LogP contribution in [0.3, 0.4) is 0 Å². The molecule has 1 aliphatic heterocycles. The highest BCUT2D eigenvalue weighted by atomic mass is 19.4. The van der Waals surface area contributed by atoms with Crippen molar-refractivity contribution in [1.82, 2.24) is 25.1 Å². The lowest BCUT2D eigenvalue weighted by Gasteiger charge is -2.26. The summed E-state index contributed by atoms with van der Waals surface area (Å²) in [5.41, 5.74) is 0.210. The van der Waals surface area contributed by atoms with Crippen molar-refractivity contribution in [3.63, 3.8) is 0 Å². The van der Waals surface area contributed by atoms with Gasteiger partial charge in [0.05, 0.1) is 25.8 Å². The molecule has 33 heavy (non-hydrogen) atoms. The van der Waals surface area contributed by atoms with Gasteiger partial charge in [-0.2, -0.15) is 18.0 Å². The van der Waals surface area contributed by atoms with Crippen molar-refractivity contribution in [2.45, 2.75) is 31.6 Å². The highest BCUT2D eigenvalue weighted by Crippen LogP contribution is 2.39. The number of rotatable bonds is 6. The van der Waals surface area contributed by atoms with Crippen LogP contribution in [0.4, 0.5) is 13.2 Å². The molecule has 0 radical (unpaired) electrons. The molecule has 4 rings (SSSR count). The summed E-state index contributed by atoms with van der Waals surface area (Å²) in [6, 6.07) is 9.91. The van der Waals surface area contributed by atoms with E-state index in [4.69, 9.17) is 9.47 Å². The average molecular weight is 461 g/mol. The van der Waals surface area contributed by atoms with Gasteiger partial charge < -0.3 is 14.4 Å². The number of halogens is 3. The van der Waals surface area contributed by atoms with E-state index in [-0.39, 0.29) is 29.9 Å². The third kappa shape index (κ3) is 4.76. The molecule has 8 nitrogen and oxygen atoms in total. The minimum absolute atomic E-state index is 0.0151. The molecule has 1 amide bonds. The third-order valence-corrected chi connectivity index (χ3v) is 5.55. The van der Waals surface area contributed by atoms with Gasteiger partial charge in [-0.15, -0.1) is 10.2 Å². The first-order valence-electron chi connectivity index (χ1n) is 10.3. The van der Waals surface area contributed by atoms with Gasteiger partial charge in [0.2, 0.25) is 11.7 Å². The number of benzene rings is 2. The second-order valence-electron chi connectivity index (χ2n) is 7.58. The van der Waals surface area contributed by atoms with Crippen LogP contribution in [0.2, 0.25) is 0 Å². The molecule has 0 spiro atoms. The Kier molecular flexibility index (Phi) is 6.21. The minimum Gasteiger partial charge on any atom is -0.497 e. The van der Waals surface area contributed by atoms with E-state index in [1.807, 2.05) is 6.07 Å². The maximum Gasteiger partial charge on any atom is 0.416 e. The molecule has 0 saturated carbocycles. The Hall–Kier alpha value is -3.63. The van der Waals surface area contributed by atoms with Crippen LogP contribution in [0.25, 0.3) is 11.4 Å². The standard InChI is InChI=1S/C22H22F3N5O3/c1-32-16-8-9-19(33-2)17(12-16)18-7-4-10-29(18)20(31)13-30-27-21(26-28-30)14-5-3-6-15(11-14)22(23,24)25/h3,5-6,8-9,11-12,18H,4,7,10,13H2,1-2H3/t18-/m1/s1. The molecule has 0 N–H and O–H groups in total. The zero-order valence-electron chi connectivity index (χ0n) is 18.0. The Bertz CT molecular complexity index is 1150. The molecule has 1 atom stereocenters. The summed E-state index contributed by atoms with van der Waals surface area (Å²) < 4.78 is 49.7. The predicted octanol–water partition coefficient (Wildman–Crippen LogP) is 3.74. The SMILES string of the molecule is COc1ccc(OC)c([C@H]2CCCN2C(=O)Cn2nnc(-c3cccc(C(F)(F)F)c3)n2)c1. The van der Waals surface area contributed by atoms with Gasteiger partial charge in [-0.3, -0.25) is 4.79 Å². The number of tetrazole rings is 1. The monoisotopic (exact) mass is 461 g/mol. The molecule has 1 aliphatic rings. The molecule has 11 heteroatoms. The van der Waals surface area contributed by atoms with Crippen LogP contribution in [-0.4, -0.2) is 51.8 Å². The summed E-state index contributed by atoms with van der Waals surface area (Å²) in [6.07, 6.45) is -2.90. The zero-order valence-corrected chi connectivity index (χ0v) is 18.0. The van der Waals surface area contributed by atoms with Crippen molar-refractivity contribution in [3.05, 3.63) is 53.6 Å². The summed E-state index contributed by atoms with van der Waals surface area (Å²) >= 11 is 0. The molecule has 1 saturated heterocycles. The molecule has 174 valence electrons. The second kappa shape index (κ2) is 9.08. The Morgan fingerprint density at radius 3 is 2.70 bits per heavy atom. The number of hydrogen-bond acceptors (Lipinski definition) is 6. The van der Waals surface area contributed by atoms with Crippen molar-refractivity contribution < 1.29 is 27.4 Å². The second-order valence-corrected chi connectivity index (χ2v) is 7.58. The van der Waals surface area contributed by atoms with E-state index in [1.54, 1.807) is 31.3 Å². The van der Waals surface area contributed by atoms with Gasteiger partial charge in [0, 0.05) is 17.7 Å². The number of amides is 1. The normalized spacial score (nSPS) is 16.2. The molecular weight excluding hydrogens is 439 g/mol. The van der Waals surface area contributed by atoms with E-state index in [0.717, 1.165) is 35.3 Å². The summed E-state index contributed by atoms with van der Waals surface area (Å²) in [6.45, 7) is 0.369. The van der Waals surface area contributed by atoms with E-state index in [9.17, 15) is 18.0 Å².